The molecule has 2 atom stereocenters. The van der Waals surface area contributed by atoms with Gasteiger partial charge in [-0.05, 0) is 37.5 Å². The molecule has 25 heavy (non-hydrogen) atoms. The van der Waals surface area contributed by atoms with Gasteiger partial charge in [0.1, 0.15) is 0 Å². The van der Waals surface area contributed by atoms with E-state index < -0.39 is 0 Å². The highest BCUT2D eigenvalue weighted by Gasteiger charge is 2.32. The summed E-state index contributed by atoms with van der Waals surface area (Å²) in [4.78, 5) is 17.1. The minimum Gasteiger partial charge on any atom is -0.493 e. The molecule has 2 saturated heterocycles. The fourth-order valence-electron chi connectivity index (χ4n) is 3.79. The summed E-state index contributed by atoms with van der Waals surface area (Å²) in [5, 5.41) is 0. The van der Waals surface area contributed by atoms with Crippen molar-refractivity contribution in [1.29, 1.82) is 0 Å². The van der Waals surface area contributed by atoms with Gasteiger partial charge in [-0.15, -0.1) is 0 Å². The van der Waals surface area contributed by atoms with Gasteiger partial charge in [-0.1, -0.05) is 6.07 Å². The molecule has 2 aliphatic heterocycles. The van der Waals surface area contributed by atoms with Crippen LogP contribution in [0.2, 0.25) is 0 Å². The van der Waals surface area contributed by atoms with Gasteiger partial charge in [0, 0.05) is 19.6 Å². The van der Waals surface area contributed by atoms with Crippen molar-refractivity contribution in [2.45, 2.75) is 31.9 Å². The maximum atomic E-state index is 12.9. The molecular weight excluding hydrogens is 320 g/mol. The van der Waals surface area contributed by atoms with E-state index in [-0.39, 0.29) is 18.1 Å². The average Bonchev–Trinajstić information content (AvgIpc) is 3.11. The van der Waals surface area contributed by atoms with E-state index in [1.807, 2.05) is 23.1 Å². The first kappa shape index (κ1) is 18.0. The van der Waals surface area contributed by atoms with Crippen LogP contribution in [-0.2, 0) is 9.53 Å². The predicted molar refractivity (Wildman–Crippen MR) is 95.1 cm³/mol. The molecule has 1 amide bonds. The second-order valence-corrected chi connectivity index (χ2v) is 6.78. The number of likely N-dealkylation sites (tertiary alicyclic amines) is 1. The monoisotopic (exact) mass is 348 g/mol. The maximum Gasteiger partial charge on any atom is 0.237 e. The van der Waals surface area contributed by atoms with Crippen molar-refractivity contribution in [2.75, 3.05) is 47.0 Å². The van der Waals surface area contributed by atoms with E-state index in [0.29, 0.717) is 24.7 Å². The van der Waals surface area contributed by atoms with Crippen LogP contribution in [0.1, 0.15) is 31.4 Å². The van der Waals surface area contributed by atoms with Crippen LogP contribution in [0.25, 0.3) is 0 Å². The summed E-state index contributed by atoms with van der Waals surface area (Å²) in [5.41, 5.74) is 1.11. The highest BCUT2D eigenvalue weighted by molar-refractivity contribution is 5.79. The van der Waals surface area contributed by atoms with Crippen LogP contribution in [0.15, 0.2) is 18.2 Å². The summed E-state index contributed by atoms with van der Waals surface area (Å²) in [6.07, 6.45) is 2.21. The van der Waals surface area contributed by atoms with Gasteiger partial charge in [-0.2, -0.15) is 0 Å². The van der Waals surface area contributed by atoms with Crippen molar-refractivity contribution in [2.24, 2.45) is 0 Å². The molecule has 2 fully saturated rings. The third-order valence-corrected chi connectivity index (χ3v) is 5.05. The molecule has 0 aromatic heterocycles. The Labute approximate surface area is 149 Å². The van der Waals surface area contributed by atoms with Crippen molar-refractivity contribution in [1.82, 2.24) is 9.80 Å². The van der Waals surface area contributed by atoms with Gasteiger partial charge in [0.15, 0.2) is 11.5 Å². The Morgan fingerprint density at radius 1 is 1.24 bits per heavy atom. The van der Waals surface area contributed by atoms with E-state index in [1.54, 1.807) is 14.2 Å². The van der Waals surface area contributed by atoms with Crippen molar-refractivity contribution in [3.8, 4) is 11.5 Å². The number of methoxy groups -OCH3 is 2. The van der Waals surface area contributed by atoms with E-state index in [4.69, 9.17) is 14.2 Å². The Kier molecular flexibility index (Phi) is 5.81. The highest BCUT2D eigenvalue weighted by Crippen LogP contribution is 2.36. The smallest absolute Gasteiger partial charge is 0.237 e. The SMILES string of the molecule is COc1ccc([C@H]2CCCN2C(=O)CN2CCO[C@H](C)C2)cc1OC. The predicted octanol–water partition coefficient (Wildman–Crippen LogP) is 2.09. The van der Waals surface area contributed by atoms with Gasteiger partial charge in [-0.3, -0.25) is 9.69 Å². The van der Waals surface area contributed by atoms with Crippen molar-refractivity contribution in [3.63, 3.8) is 0 Å². The summed E-state index contributed by atoms with van der Waals surface area (Å²) in [5.74, 6) is 1.62. The molecule has 6 nitrogen and oxygen atoms in total. The lowest BCUT2D eigenvalue weighted by Gasteiger charge is -2.33. The summed E-state index contributed by atoms with van der Waals surface area (Å²) in [6, 6.07) is 6.06. The first-order chi connectivity index (χ1) is 12.1. The number of nitrogens with zero attached hydrogens (tertiary/aromatic N) is 2. The maximum absolute atomic E-state index is 12.9. The number of amides is 1. The van der Waals surface area contributed by atoms with Gasteiger partial charge >= 0.3 is 0 Å². The molecule has 2 heterocycles. The number of hydrogen-bond donors (Lipinski definition) is 0. The van der Waals surface area contributed by atoms with Crippen LogP contribution in [0, 0.1) is 0 Å². The Hall–Kier alpha value is -1.79. The summed E-state index contributed by atoms with van der Waals surface area (Å²) < 4.78 is 16.3. The van der Waals surface area contributed by atoms with Gasteiger partial charge < -0.3 is 19.1 Å². The second-order valence-electron chi connectivity index (χ2n) is 6.78. The largest absolute Gasteiger partial charge is 0.493 e. The molecule has 3 rings (SSSR count). The van der Waals surface area contributed by atoms with Crippen LogP contribution in [-0.4, -0.2) is 68.8 Å². The molecule has 1 aromatic rings. The number of rotatable bonds is 5. The molecular formula is C19H28N2O4. The van der Waals surface area contributed by atoms with E-state index in [2.05, 4.69) is 11.8 Å². The fourth-order valence-corrected chi connectivity index (χ4v) is 3.79. The van der Waals surface area contributed by atoms with Crippen LogP contribution < -0.4 is 9.47 Å². The Bertz CT molecular complexity index is 607. The molecule has 0 N–H and O–H groups in total. The van der Waals surface area contributed by atoms with Crippen LogP contribution >= 0.6 is 0 Å². The van der Waals surface area contributed by atoms with E-state index in [9.17, 15) is 4.79 Å². The third-order valence-electron chi connectivity index (χ3n) is 5.05. The molecule has 0 aliphatic carbocycles. The van der Waals surface area contributed by atoms with E-state index >= 15 is 0 Å². The molecule has 138 valence electrons. The first-order valence-corrected chi connectivity index (χ1v) is 8.97. The molecule has 0 radical (unpaired) electrons. The lowest BCUT2D eigenvalue weighted by atomic mass is 10.0. The average molecular weight is 348 g/mol. The zero-order chi connectivity index (χ0) is 17.8. The van der Waals surface area contributed by atoms with Gasteiger partial charge in [0.05, 0.1) is 39.5 Å². The highest BCUT2D eigenvalue weighted by atomic mass is 16.5. The quantitative estimate of drug-likeness (QED) is 0.816. The normalized spacial score (nSPS) is 24.4. The van der Waals surface area contributed by atoms with Crippen molar-refractivity contribution < 1.29 is 19.0 Å². The van der Waals surface area contributed by atoms with Gasteiger partial charge in [0.2, 0.25) is 5.91 Å². The second kappa shape index (κ2) is 8.06. The van der Waals surface area contributed by atoms with Gasteiger partial charge in [0.25, 0.3) is 0 Å². The minimum atomic E-state index is 0.116. The van der Waals surface area contributed by atoms with Crippen LogP contribution in [0.3, 0.4) is 0 Å². The zero-order valence-corrected chi connectivity index (χ0v) is 15.4. The number of benzene rings is 1. The molecule has 0 saturated carbocycles. The zero-order valence-electron chi connectivity index (χ0n) is 15.4. The number of carbonyl (C=O) groups is 1. The summed E-state index contributed by atoms with van der Waals surface area (Å²) in [7, 11) is 3.27. The number of ether oxygens (including phenoxy) is 3. The number of morpholine rings is 1. The van der Waals surface area contributed by atoms with Gasteiger partial charge in [-0.25, -0.2) is 0 Å². The van der Waals surface area contributed by atoms with E-state index in [1.165, 1.54) is 0 Å². The lowest BCUT2D eigenvalue weighted by molar-refractivity contribution is -0.135. The molecule has 6 heteroatoms. The van der Waals surface area contributed by atoms with Crippen molar-refractivity contribution in [3.05, 3.63) is 23.8 Å². The molecule has 1 aromatic carbocycles. The number of hydrogen-bond acceptors (Lipinski definition) is 5. The molecule has 0 unspecified atom stereocenters. The van der Waals surface area contributed by atoms with Crippen molar-refractivity contribution >= 4 is 5.91 Å². The summed E-state index contributed by atoms with van der Waals surface area (Å²) >= 11 is 0. The van der Waals surface area contributed by atoms with Crippen LogP contribution in [0.4, 0.5) is 0 Å². The lowest BCUT2D eigenvalue weighted by Crippen LogP contribution is -2.47. The Morgan fingerprint density at radius 3 is 2.76 bits per heavy atom. The molecule has 2 aliphatic rings. The molecule has 0 spiro atoms. The minimum absolute atomic E-state index is 0.116. The standard InChI is InChI=1S/C19H28N2O4/c1-14-12-20(9-10-25-14)13-19(22)21-8-4-5-16(21)15-6-7-17(23-2)18(11-15)24-3/h6-7,11,14,16H,4-5,8-10,12-13H2,1-3H3/t14-,16-/m1/s1. The topological polar surface area (TPSA) is 51.2 Å². The first-order valence-electron chi connectivity index (χ1n) is 8.97. The molecule has 0 bridgehead atoms. The number of carbonyl (C=O) groups excluding carboxylic acids is 1. The fraction of sp³-hybridized carbons (Fsp3) is 0.632. The third kappa shape index (κ3) is 4.07. The Balaban J connectivity index is 1.70. The van der Waals surface area contributed by atoms with Crippen LogP contribution in [0.5, 0.6) is 11.5 Å². The summed E-state index contributed by atoms with van der Waals surface area (Å²) in [6.45, 7) is 5.69. The van der Waals surface area contributed by atoms with E-state index in [0.717, 1.165) is 38.0 Å². The Morgan fingerprint density at radius 2 is 2.04 bits per heavy atom.